The summed E-state index contributed by atoms with van der Waals surface area (Å²) in [6.07, 6.45) is 1.83. The molecule has 0 bridgehead atoms. The highest BCUT2D eigenvalue weighted by molar-refractivity contribution is 8.14. The van der Waals surface area contributed by atoms with Gasteiger partial charge in [0.05, 0.1) is 27.3 Å². The van der Waals surface area contributed by atoms with Crippen LogP contribution in [0.2, 0.25) is 5.02 Å². The molecule has 2 heterocycles. The summed E-state index contributed by atoms with van der Waals surface area (Å²) < 4.78 is 1.93. The van der Waals surface area contributed by atoms with Gasteiger partial charge in [-0.25, -0.2) is 4.99 Å². The van der Waals surface area contributed by atoms with E-state index in [1.165, 1.54) is 30.8 Å². The number of aryl methyl sites for hydroxylation is 1. The topological polar surface area (TPSA) is 89.9 Å². The zero-order valence-corrected chi connectivity index (χ0v) is 17.8. The van der Waals surface area contributed by atoms with Gasteiger partial charge in [0, 0.05) is 41.8 Å². The molecule has 9 heteroatoms. The van der Waals surface area contributed by atoms with Crippen molar-refractivity contribution >= 4 is 56.6 Å². The molecule has 0 saturated carbocycles. The number of aliphatic imine (C=N–C) groups is 2. The molecule has 7 nitrogen and oxygen atoms in total. The number of aromatic nitrogens is 1. The molecule has 2 aromatic carbocycles. The first-order valence-corrected chi connectivity index (χ1v) is 10.5. The Bertz CT molecular complexity index is 1260. The van der Waals surface area contributed by atoms with Crippen LogP contribution in [0.5, 0.6) is 0 Å². The smallest absolute Gasteiger partial charge is 0.270 e. The number of nitrogens with zero attached hydrogens (tertiary/aromatic N) is 4. The van der Waals surface area contributed by atoms with Crippen molar-refractivity contribution in [3.63, 3.8) is 0 Å². The third-order valence-electron chi connectivity index (χ3n) is 4.70. The van der Waals surface area contributed by atoms with Gasteiger partial charge in [0.2, 0.25) is 0 Å². The molecule has 0 aliphatic carbocycles. The fourth-order valence-electron chi connectivity index (χ4n) is 3.29. The molecule has 1 aliphatic rings. The van der Waals surface area contributed by atoms with E-state index in [2.05, 4.69) is 9.98 Å². The molecule has 0 atom stereocenters. The third kappa shape index (κ3) is 4.01. The Balaban J connectivity index is 1.75. The Labute approximate surface area is 181 Å². The van der Waals surface area contributed by atoms with Gasteiger partial charge in [-0.3, -0.25) is 19.9 Å². The fraction of sp³-hybridized carbons (Fsp3) is 0.190. The van der Waals surface area contributed by atoms with Crippen LogP contribution in [0.25, 0.3) is 22.0 Å². The summed E-state index contributed by atoms with van der Waals surface area (Å²) in [7, 11) is 1.91. The van der Waals surface area contributed by atoms with Gasteiger partial charge in [-0.15, -0.1) is 11.8 Å². The van der Waals surface area contributed by atoms with Crippen LogP contribution in [-0.2, 0) is 11.8 Å². The second-order valence-corrected chi connectivity index (χ2v) is 8.44. The molecular formula is C21H17ClN4O3S. The molecule has 0 saturated heterocycles. The number of carbonyl (C=O) groups is 1. The first-order chi connectivity index (χ1) is 14.3. The zero-order valence-electron chi connectivity index (χ0n) is 16.3. The number of hydrogen-bond acceptors (Lipinski definition) is 6. The monoisotopic (exact) mass is 440 g/mol. The Kier molecular flexibility index (Phi) is 5.44. The van der Waals surface area contributed by atoms with E-state index in [0.29, 0.717) is 34.3 Å². The molecule has 4 rings (SSSR count). The molecule has 1 aliphatic heterocycles. The molecule has 0 unspecified atom stereocenters. The van der Waals surface area contributed by atoms with Crippen LogP contribution in [0.1, 0.15) is 12.5 Å². The van der Waals surface area contributed by atoms with E-state index in [1.54, 1.807) is 0 Å². The maximum Gasteiger partial charge on any atom is 0.270 e. The molecule has 30 heavy (non-hydrogen) atoms. The van der Waals surface area contributed by atoms with E-state index in [9.17, 15) is 14.9 Å². The standard InChI is InChI=1S/C21H17ClN4O3S/c1-12(27)11-30-20-9-23-21(24-20)15-5-14(6-16(7-15)26(28)29)13-3-4-19-17(8-13)18(22)10-25(19)2/h3-8,10H,9,11H2,1-2H3. The van der Waals surface area contributed by atoms with Crippen LogP contribution < -0.4 is 0 Å². The van der Waals surface area contributed by atoms with Gasteiger partial charge in [-0.05, 0) is 36.2 Å². The van der Waals surface area contributed by atoms with Gasteiger partial charge in [0.1, 0.15) is 5.78 Å². The third-order valence-corrected chi connectivity index (χ3v) is 6.10. The molecule has 3 aromatic rings. The maximum atomic E-state index is 11.5. The number of amidine groups is 1. The fourth-order valence-corrected chi connectivity index (χ4v) is 4.26. The number of halogens is 1. The SMILES string of the molecule is CC(=O)CSC1=NC(c2cc(-c3ccc4c(c3)c(Cl)cn4C)cc([N+](=O)[O-])c2)=NC1. The minimum atomic E-state index is -0.425. The highest BCUT2D eigenvalue weighted by Gasteiger charge is 2.18. The van der Waals surface area contributed by atoms with Gasteiger partial charge >= 0.3 is 0 Å². The average Bonchev–Trinajstić information content (AvgIpc) is 3.30. The maximum absolute atomic E-state index is 11.5. The Morgan fingerprint density at radius 3 is 2.73 bits per heavy atom. The second kappa shape index (κ2) is 8.04. The van der Waals surface area contributed by atoms with Crippen LogP contribution in [0.15, 0.2) is 52.6 Å². The molecule has 0 N–H and O–H groups in total. The summed E-state index contributed by atoms with van der Waals surface area (Å²) in [6.45, 7) is 1.89. The van der Waals surface area contributed by atoms with Gasteiger partial charge in [0.15, 0.2) is 5.84 Å². The number of nitro groups is 1. The lowest BCUT2D eigenvalue weighted by Crippen LogP contribution is -2.01. The highest BCUT2D eigenvalue weighted by atomic mass is 35.5. The summed E-state index contributed by atoms with van der Waals surface area (Å²) in [5.41, 5.74) is 3.01. The quantitative estimate of drug-likeness (QED) is 0.417. The van der Waals surface area contributed by atoms with Crippen molar-refractivity contribution in [3.8, 4) is 11.1 Å². The van der Waals surface area contributed by atoms with Crippen molar-refractivity contribution in [1.82, 2.24) is 4.57 Å². The number of hydrogen-bond donors (Lipinski definition) is 0. The molecule has 0 spiro atoms. The van der Waals surface area contributed by atoms with Crippen LogP contribution in [0.3, 0.4) is 0 Å². The van der Waals surface area contributed by atoms with Crippen molar-refractivity contribution in [2.75, 3.05) is 12.3 Å². The Morgan fingerprint density at radius 2 is 2.00 bits per heavy atom. The number of benzene rings is 2. The number of Topliss-reactive ketones (excluding diaryl/α,β-unsaturated/α-hetero) is 1. The number of thioether (sulfide) groups is 1. The van der Waals surface area contributed by atoms with Gasteiger partial charge in [0.25, 0.3) is 5.69 Å². The van der Waals surface area contributed by atoms with Crippen LogP contribution >= 0.6 is 23.4 Å². The van der Waals surface area contributed by atoms with E-state index >= 15 is 0 Å². The van der Waals surface area contributed by atoms with Gasteiger partial charge in [-0.2, -0.15) is 0 Å². The van der Waals surface area contributed by atoms with Crippen molar-refractivity contribution in [3.05, 3.63) is 63.3 Å². The summed E-state index contributed by atoms with van der Waals surface area (Å²) in [4.78, 5) is 31.2. The van der Waals surface area contributed by atoms with Crippen molar-refractivity contribution in [1.29, 1.82) is 0 Å². The Hall–Kier alpha value is -2.97. The lowest BCUT2D eigenvalue weighted by Gasteiger charge is -2.07. The lowest BCUT2D eigenvalue weighted by atomic mass is 10.0. The Morgan fingerprint density at radius 1 is 1.23 bits per heavy atom. The van der Waals surface area contributed by atoms with Crippen LogP contribution in [0, 0.1) is 10.1 Å². The van der Waals surface area contributed by atoms with Crippen LogP contribution in [0.4, 0.5) is 5.69 Å². The van der Waals surface area contributed by atoms with E-state index in [0.717, 1.165) is 21.5 Å². The van der Waals surface area contributed by atoms with Gasteiger partial charge < -0.3 is 4.57 Å². The second-order valence-electron chi connectivity index (χ2n) is 6.98. The molecule has 1 aromatic heterocycles. The summed E-state index contributed by atoms with van der Waals surface area (Å²) in [5, 5.41) is 13.8. The predicted molar refractivity (Wildman–Crippen MR) is 122 cm³/mol. The first kappa shape index (κ1) is 20.3. The highest BCUT2D eigenvalue weighted by Crippen LogP contribution is 2.33. The first-order valence-electron chi connectivity index (χ1n) is 9.11. The minimum Gasteiger partial charge on any atom is -0.349 e. The molecule has 152 valence electrons. The number of nitro benzene ring substituents is 1. The van der Waals surface area contributed by atoms with E-state index in [-0.39, 0.29) is 11.5 Å². The average molecular weight is 441 g/mol. The number of non-ortho nitro benzene ring substituents is 1. The minimum absolute atomic E-state index is 0.0375. The number of carbonyl (C=O) groups excluding carboxylic acids is 1. The van der Waals surface area contributed by atoms with Crippen LogP contribution in [-0.4, -0.2) is 38.5 Å². The van der Waals surface area contributed by atoms with E-state index in [1.807, 2.05) is 42.1 Å². The lowest BCUT2D eigenvalue weighted by molar-refractivity contribution is -0.384. The molecular weight excluding hydrogens is 424 g/mol. The largest absolute Gasteiger partial charge is 0.349 e. The zero-order chi connectivity index (χ0) is 21.4. The van der Waals surface area contributed by atoms with E-state index in [4.69, 9.17) is 11.6 Å². The summed E-state index contributed by atoms with van der Waals surface area (Å²) in [6, 6.07) is 10.6. The molecule has 0 fully saturated rings. The number of fused-ring (bicyclic) bond motifs is 1. The van der Waals surface area contributed by atoms with E-state index < -0.39 is 4.92 Å². The van der Waals surface area contributed by atoms with Crippen molar-refractivity contribution < 1.29 is 9.72 Å². The number of ketones is 1. The summed E-state index contributed by atoms with van der Waals surface area (Å²) in [5.74, 6) is 0.827. The summed E-state index contributed by atoms with van der Waals surface area (Å²) >= 11 is 7.67. The normalized spacial score (nSPS) is 13.4. The number of rotatable bonds is 5. The van der Waals surface area contributed by atoms with Crippen molar-refractivity contribution in [2.45, 2.75) is 6.92 Å². The van der Waals surface area contributed by atoms with Crippen molar-refractivity contribution in [2.24, 2.45) is 17.0 Å². The predicted octanol–water partition coefficient (Wildman–Crippen LogP) is 4.89. The van der Waals surface area contributed by atoms with Gasteiger partial charge in [-0.1, -0.05) is 17.7 Å². The molecule has 0 amide bonds. The molecule has 0 radical (unpaired) electrons.